The van der Waals surface area contributed by atoms with Gasteiger partial charge in [0.15, 0.2) is 0 Å². The van der Waals surface area contributed by atoms with Gasteiger partial charge in [-0.15, -0.1) is 6.58 Å². The highest BCUT2D eigenvalue weighted by Gasteiger charge is 2.17. The topological polar surface area (TPSA) is 18.5 Å². The number of rotatable bonds is 15. The quantitative estimate of drug-likeness (QED) is 0.175. The summed E-state index contributed by atoms with van der Waals surface area (Å²) in [7, 11) is 0. The first-order chi connectivity index (χ1) is 14.8. The molecular formula is C28H36O2. The van der Waals surface area contributed by atoms with Crippen molar-refractivity contribution in [1.82, 2.24) is 0 Å². The summed E-state index contributed by atoms with van der Waals surface area (Å²) in [4.78, 5) is 0. The molecule has 0 heterocycles. The highest BCUT2D eigenvalue weighted by atomic mass is 16.5. The Morgan fingerprint density at radius 1 is 0.767 bits per heavy atom. The molecule has 0 aromatic heterocycles. The highest BCUT2D eigenvalue weighted by Crippen LogP contribution is 2.14. The average molecular weight is 405 g/mol. The van der Waals surface area contributed by atoms with Crippen LogP contribution in [0.2, 0.25) is 0 Å². The zero-order valence-electron chi connectivity index (χ0n) is 18.3. The van der Waals surface area contributed by atoms with Crippen LogP contribution >= 0.6 is 0 Å². The zero-order valence-corrected chi connectivity index (χ0v) is 18.3. The van der Waals surface area contributed by atoms with Crippen LogP contribution in [0.1, 0.15) is 50.2 Å². The van der Waals surface area contributed by atoms with Crippen molar-refractivity contribution in [3.63, 3.8) is 0 Å². The Kier molecular flexibility index (Phi) is 12.3. The number of allylic oxidation sites excluding steroid dienone is 3. The molecule has 0 saturated heterocycles. The second-order valence-corrected chi connectivity index (χ2v) is 7.42. The second-order valence-electron chi connectivity index (χ2n) is 7.42. The maximum absolute atomic E-state index is 6.21. The predicted octanol–water partition coefficient (Wildman–Crippen LogP) is 7.43. The van der Waals surface area contributed by atoms with Gasteiger partial charge >= 0.3 is 0 Å². The van der Waals surface area contributed by atoms with Crippen LogP contribution in [0.25, 0.3) is 0 Å². The fourth-order valence-corrected chi connectivity index (χ4v) is 3.13. The van der Waals surface area contributed by atoms with Crippen molar-refractivity contribution in [2.75, 3.05) is 0 Å². The Balaban J connectivity index is 1.94. The summed E-state index contributed by atoms with van der Waals surface area (Å²) in [5.74, 6) is 0. The average Bonchev–Trinajstić information content (AvgIpc) is 2.80. The third-order valence-corrected chi connectivity index (χ3v) is 4.90. The van der Waals surface area contributed by atoms with Crippen LogP contribution < -0.4 is 0 Å². The van der Waals surface area contributed by atoms with E-state index >= 15 is 0 Å². The molecule has 2 aromatic carbocycles. The molecule has 0 radical (unpaired) electrons. The molecule has 0 aliphatic rings. The van der Waals surface area contributed by atoms with Crippen molar-refractivity contribution in [3.05, 3.63) is 109 Å². The van der Waals surface area contributed by atoms with E-state index < -0.39 is 0 Å². The van der Waals surface area contributed by atoms with Crippen molar-refractivity contribution in [3.8, 4) is 0 Å². The maximum atomic E-state index is 6.21. The standard InChI is InChI=1S/C28H36O2/c1-3-5-6-7-8-9-10-17-22-28(30-24-26-20-15-12-16-21-26)27(4-2)29-23-25-18-13-11-14-19-25/h4,9-22,27-28H,2-3,5-8,23-24H2,1H3/b10-9+,22-17-/t27-,28+/m0/s1. The van der Waals surface area contributed by atoms with Crippen molar-refractivity contribution >= 4 is 0 Å². The van der Waals surface area contributed by atoms with Gasteiger partial charge in [0.1, 0.15) is 12.2 Å². The van der Waals surface area contributed by atoms with Crippen LogP contribution in [-0.2, 0) is 22.7 Å². The van der Waals surface area contributed by atoms with Crippen LogP contribution in [0.4, 0.5) is 0 Å². The summed E-state index contributed by atoms with van der Waals surface area (Å²) >= 11 is 0. The third-order valence-electron chi connectivity index (χ3n) is 4.90. The first kappa shape index (κ1) is 23.9. The smallest absolute Gasteiger partial charge is 0.106 e. The molecule has 160 valence electrons. The number of hydrogen-bond donors (Lipinski definition) is 0. The van der Waals surface area contributed by atoms with Crippen LogP contribution in [-0.4, -0.2) is 12.2 Å². The molecule has 0 fully saturated rings. The van der Waals surface area contributed by atoms with E-state index in [1.165, 1.54) is 25.7 Å². The molecule has 2 nitrogen and oxygen atoms in total. The fraction of sp³-hybridized carbons (Fsp3) is 0.357. The molecule has 2 rings (SSSR count). The van der Waals surface area contributed by atoms with Gasteiger partial charge in [-0.3, -0.25) is 0 Å². The molecule has 2 aromatic rings. The summed E-state index contributed by atoms with van der Waals surface area (Å²) in [6.45, 7) is 7.29. The molecule has 0 amide bonds. The fourth-order valence-electron chi connectivity index (χ4n) is 3.13. The Morgan fingerprint density at radius 2 is 1.37 bits per heavy atom. The Hall–Kier alpha value is -2.42. The van der Waals surface area contributed by atoms with E-state index in [1.54, 1.807) is 0 Å². The van der Waals surface area contributed by atoms with E-state index in [9.17, 15) is 0 Å². The van der Waals surface area contributed by atoms with Crippen molar-refractivity contribution in [2.24, 2.45) is 0 Å². The summed E-state index contributed by atoms with van der Waals surface area (Å²) in [6.07, 6.45) is 16.2. The monoisotopic (exact) mass is 404 g/mol. The second kappa shape index (κ2) is 15.4. The molecule has 30 heavy (non-hydrogen) atoms. The minimum absolute atomic E-state index is 0.198. The minimum Gasteiger partial charge on any atom is -0.366 e. The molecule has 2 heteroatoms. The molecule has 0 unspecified atom stereocenters. The molecule has 0 aliphatic carbocycles. The van der Waals surface area contributed by atoms with Crippen LogP contribution in [0, 0.1) is 0 Å². The summed E-state index contributed by atoms with van der Waals surface area (Å²) in [6, 6.07) is 20.4. The largest absolute Gasteiger partial charge is 0.366 e. The molecule has 0 N–H and O–H groups in total. The summed E-state index contributed by atoms with van der Waals surface area (Å²) < 4.78 is 12.3. The molecule has 0 spiro atoms. The molecule has 0 saturated carbocycles. The van der Waals surface area contributed by atoms with Gasteiger partial charge in [0.2, 0.25) is 0 Å². The van der Waals surface area contributed by atoms with Crippen LogP contribution in [0.3, 0.4) is 0 Å². The maximum Gasteiger partial charge on any atom is 0.106 e. The van der Waals surface area contributed by atoms with E-state index in [4.69, 9.17) is 9.47 Å². The van der Waals surface area contributed by atoms with Crippen LogP contribution in [0.15, 0.2) is 97.6 Å². The van der Waals surface area contributed by atoms with E-state index in [2.05, 4.69) is 62.1 Å². The van der Waals surface area contributed by atoms with Gasteiger partial charge in [-0.05, 0) is 24.0 Å². The lowest BCUT2D eigenvalue weighted by atomic mass is 10.1. The summed E-state index contributed by atoms with van der Waals surface area (Å²) in [5.41, 5.74) is 2.29. The third kappa shape index (κ3) is 9.87. The number of ether oxygens (including phenoxy) is 2. The van der Waals surface area contributed by atoms with Crippen LogP contribution in [0.5, 0.6) is 0 Å². The van der Waals surface area contributed by atoms with Gasteiger partial charge in [0.05, 0.1) is 13.2 Å². The highest BCUT2D eigenvalue weighted by molar-refractivity contribution is 5.15. The van der Waals surface area contributed by atoms with Crippen molar-refractivity contribution in [2.45, 2.75) is 64.4 Å². The number of unbranched alkanes of at least 4 members (excludes halogenated alkanes) is 4. The van der Waals surface area contributed by atoms with E-state index in [-0.39, 0.29) is 12.2 Å². The molecule has 0 bridgehead atoms. The first-order valence-electron chi connectivity index (χ1n) is 11.1. The van der Waals surface area contributed by atoms with Gasteiger partial charge in [0.25, 0.3) is 0 Å². The molecular weight excluding hydrogens is 368 g/mol. The van der Waals surface area contributed by atoms with E-state index in [0.29, 0.717) is 13.2 Å². The lowest BCUT2D eigenvalue weighted by Crippen LogP contribution is -2.28. The Labute approximate surface area is 182 Å². The van der Waals surface area contributed by atoms with E-state index in [0.717, 1.165) is 17.5 Å². The molecule has 0 aliphatic heterocycles. The SMILES string of the molecule is C=C[C@H](OCc1ccccc1)[C@@H](/C=C\C=C\CCCCCC)OCc1ccccc1. The number of hydrogen-bond acceptors (Lipinski definition) is 2. The summed E-state index contributed by atoms with van der Waals surface area (Å²) in [5, 5.41) is 0. The minimum atomic E-state index is -0.219. The van der Waals surface area contributed by atoms with Gasteiger partial charge in [-0.1, -0.05) is 117 Å². The Morgan fingerprint density at radius 3 is 1.93 bits per heavy atom. The van der Waals surface area contributed by atoms with Gasteiger partial charge < -0.3 is 9.47 Å². The lowest BCUT2D eigenvalue weighted by molar-refractivity contribution is -0.0419. The van der Waals surface area contributed by atoms with Gasteiger partial charge in [0, 0.05) is 0 Å². The van der Waals surface area contributed by atoms with Crippen molar-refractivity contribution < 1.29 is 9.47 Å². The van der Waals surface area contributed by atoms with E-state index in [1.807, 2.05) is 42.5 Å². The van der Waals surface area contributed by atoms with Gasteiger partial charge in [-0.25, -0.2) is 0 Å². The normalized spacial score (nSPS) is 13.6. The Bertz CT molecular complexity index is 734. The van der Waals surface area contributed by atoms with Crippen molar-refractivity contribution in [1.29, 1.82) is 0 Å². The predicted molar refractivity (Wildman–Crippen MR) is 127 cm³/mol. The number of benzene rings is 2. The first-order valence-corrected chi connectivity index (χ1v) is 11.1. The molecule has 2 atom stereocenters. The zero-order chi connectivity index (χ0) is 21.3. The lowest BCUT2D eigenvalue weighted by Gasteiger charge is -2.23. The van der Waals surface area contributed by atoms with Gasteiger partial charge in [-0.2, -0.15) is 0 Å².